The topological polar surface area (TPSA) is 15.3 Å². The van der Waals surface area contributed by atoms with Gasteiger partial charge < -0.3 is 5.32 Å². The van der Waals surface area contributed by atoms with Gasteiger partial charge in [0, 0.05) is 19.1 Å². The molecule has 2 rings (SSSR count). The summed E-state index contributed by atoms with van der Waals surface area (Å²) in [5.41, 5.74) is 1.46. The van der Waals surface area contributed by atoms with E-state index in [0.717, 1.165) is 19.1 Å². The van der Waals surface area contributed by atoms with Gasteiger partial charge in [0.1, 0.15) is 0 Å². The molecule has 18 heavy (non-hydrogen) atoms. The van der Waals surface area contributed by atoms with Crippen LogP contribution >= 0.6 is 0 Å². The lowest BCUT2D eigenvalue weighted by molar-refractivity contribution is 0.148. The Bertz CT molecular complexity index is 323. The molecule has 100 valence electrons. The molecule has 0 saturated carbocycles. The van der Waals surface area contributed by atoms with Gasteiger partial charge >= 0.3 is 0 Å². The van der Waals surface area contributed by atoms with Gasteiger partial charge in [-0.05, 0) is 37.9 Å². The Kier molecular flexibility index (Phi) is 5.69. The molecule has 0 radical (unpaired) electrons. The highest BCUT2D eigenvalue weighted by Crippen LogP contribution is 2.17. The molecule has 1 saturated heterocycles. The summed E-state index contributed by atoms with van der Waals surface area (Å²) in [7, 11) is 0. The van der Waals surface area contributed by atoms with E-state index in [1.807, 2.05) is 0 Å². The summed E-state index contributed by atoms with van der Waals surface area (Å²) in [4.78, 5) is 2.68. The van der Waals surface area contributed by atoms with Crippen LogP contribution in [-0.2, 0) is 6.42 Å². The van der Waals surface area contributed by atoms with Gasteiger partial charge in [0.15, 0.2) is 0 Å². The van der Waals surface area contributed by atoms with Crippen LogP contribution in [0, 0.1) is 0 Å². The molecule has 1 aliphatic rings. The van der Waals surface area contributed by atoms with E-state index in [9.17, 15) is 0 Å². The minimum absolute atomic E-state index is 0.752. The lowest BCUT2D eigenvalue weighted by Crippen LogP contribution is -2.46. The van der Waals surface area contributed by atoms with Crippen LogP contribution < -0.4 is 5.32 Å². The first kappa shape index (κ1) is 13.6. The summed E-state index contributed by atoms with van der Waals surface area (Å²) in [5, 5.41) is 3.50. The van der Waals surface area contributed by atoms with Crippen molar-refractivity contribution in [3.8, 4) is 0 Å². The van der Waals surface area contributed by atoms with Crippen molar-refractivity contribution >= 4 is 0 Å². The van der Waals surface area contributed by atoms with Crippen molar-refractivity contribution in [1.29, 1.82) is 0 Å². The molecule has 1 aliphatic heterocycles. The fourth-order valence-electron chi connectivity index (χ4n) is 2.81. The largest absolute Gasteiger partial charge is 0.315 e. The molecule has 1 aromatic rings. The van der Waals surface area contributed by atoms with Gasteiger partial charge in [-0.25, -0.2) is 0 Å². The van der Waals surface area contributed by atoms with Crippen molar-refractivity contribution in [2.45, 2.75) is 38.6 Å². The van der Waals surface area contributed by atoms with Crippen molar-refractivity contribution in [3.63, 3.8) is 0 Å². The molecule has 0 aliphatic carbocycles. The zero-order valence-corrected chi connectivity index (χ0v) is 11.6. The van der Waals surface area contributed by atoms with Crippen molar-refractivity contribution in [3.05, 3.63) is 35.9 Å². The van der Waals surface area contributed by atoms with Crippen molar-refractivity contribution in [1.82, 2.24) is 10.2 Å². The summed E-state index contributed by atoms with van der Waals surface area (Å²) >= 11 is 0. The number of hydrogen-bond donors (Lipinski definition) is 1. The average Bonchev–Trinajstić information content (AvgIpc) is 2.45. The molecular weight excluding hydrogens is 220 g/mol. The Balaban J connectivity index is 1.81. The molecule has 1 atom stereocenters. The maximum Gasteiger partial charge on any atom is 0.0220 e. The predicted molar refractivity (Wildman–Crippen MR) is 77.9 cm³/mol. The number of nitrogens with zero attached hydrogens (tertiary/aromatic N) is 1. The van der Waals surface area contributed by atoms with Gasteiger partial charge in [-0.2, -0.15) is 0 Å². The number of nitrogens with one attached hydrogen (secondary N) is 1. The van der Waals surface area contributed by atoms with Crippen LogP contribution in [0.2, 0.25) is 0 Å². The van der Waals surface area contributed by atoms with E-state index in [4.69, 9.17) is 0 Å². The van der Waals surface area contributed by atoms with E-state index in [-0.39, 0.29) is 0 Å². The van der Waals surface area contributed by atoms with E-state index < -0.39 is 0 Å². The molecule has 1 aromatic carbocycles. The number of benzene rings is 1. The quantitative estimate of drug-likeness (QED) is 0.830. The number of piperidine rings is 1. The van der Waals surface area contributed by atoms with Crippen molar-refractivity contribution < 1.29 is 0 Å². The highest BCUT2D eigenvalue weighted by Gasteiger charge is 2.21. The highest BCUT2D eigenvalue weighted by atomic mass is 15.2. The second kappa shape index (κ2) is 7.55. The van der Waals surface area contributed by atoms with Crippen molar-refractivity contribution in [2.75, 3.05) is 26.2 Å². The minimum Gasteiger partial charge on any atom is -0.315 e. The zero-order valence-electron chi connectivity index (χ0n) is 11.6. The third kappa shape index (κ3) is 4.11. The standard InChI is InChI=1S/C16H26N2/c1-2-17-14-16-10-6-7-12-18(16)13-11-15-8-4-3-5-9-15/h3-5,8-9,16-17H,2,6-7,10-14H2,1H3. The average molecular weight is 246 g/mol. The lowest BCUT2D eigenvalue weighted by atomic mass is 10.0. The maximum atomic E-state index is 3.50. The molecule has 1 fully saturated rings. The molecular formula is C16H26N2. The Morgan fingerprint density at radius 3 is 2.83 bits per heavy atom. The van der Waals surface area contributed by atoms with Gasteiger partial charge in [0.25, 0.3) is 0 Å². The first-order valence-electron chi connectivity index (χ1n) is 7.39. The molecule has 0 bridgehead atoms. The van der Waals surface area contributed by atoms with E-state index in [1.54, 1.807) is 0 Å². The molecule has 2 nitrogen and oxygen atoms in total. The summed E-state index contributed by atoms with van der Waals surface area (Å²) in [6.45, 7) is 6.93. The molecule has 1 heterocycles. The van der Waals surface area contributed by atoms with Crippen LogP contribution in [0.4, 0.5) is 0 Å². The Hall–Kier alpha value is -0.860. The Morgan fingerprint density at radius 2 is 2.06 bits per heavy atom. The van der Waals surface area contributed by atoms with Crippen LogP contribution in [0.5, 0.6) is 0 Å². The van der Waals surface area contributed by atoms with E-state index in [1.165, 1.54) is 44.3 Å². The first-order chi connectivity index (χ1) is 8.90. The second-order valence-corrected chi connectivity index (χ2v) is 5.23. The predicted octanol–water partition coefficient (Wildman–Crippen LogP) is 2.69. The molecule has 0 amide bonds. The van der Waals surface area contributed by atoms with Gasteiger partial charge in [-0.15, -0.1) is 0 Å². The summed E-state index contributed by atoms with van der Waals surface area (Å²) in [6.07, 6.45) is 5.32. The van der Waals surface area contributed by atoms with Crippen molar-refractivity contribution in [2.24, 2.45) is 0 Å². The summed E-state index contributed by atoms with van der Waals surface area (Å²) in [6, 6.07) is 11.6. The Labute approximate surface area is 111 Å². The number of likely N-dealkylation sites (N-methyl/N-ethyl adjacent to an activating group) is 1. The molecule has 2 heteroatoms. The van der Waals surface area contributed by atoms with Crippen LogP contribution in [0.15, 0.2) is 30.3 Å². The summed E-state index contributed by atoms with van der Waals surface area (Å²) < 4.78 is 0. The molecule has 1 N–H and O–H groups in total. The van der Waals surface area contributed by atoms with E-state index >= 15 is 0 Å². The zero-order chi connectivity index (χ0) is 12.6. The molecule has 0 aromatic heterocycles. The maximum absolute atomic E-state index is 3.50. The Morgan fingerprint density at radius 1 is 1.22 bits per heavy atom. The van der Waals surface area contributed by atoms with E-state index in [0.29, 0.717) is 0 Å². The van der Waals surface area contributed by atoms with E-state index in [2.05, 4.69) is 47.5 Å². The highest BCUT2D eigenvalue weighted by molar-refractivity contribution is 5.14. The minimum atomic E-state index is 0.752. The van der Waals surface area contributed by atoms with Crippen LogP contribution in [0.1, 0.15) is 31.7 Å². The third-order valence-electron chi connectivity index (χ3n) is 3.91. The first-order valence-corrected chi connectivity index (χ1v) is 7.39. The summed E-state index contributed by atoms with van der Waals surface area (Å²) in [5.74, 6) is 0. The van der Waals surface area contributed by atoms with Crippen LogP contribution in [0.3, 0.4) is 0 Å². The smallest absolute Gasteiger partial charge is 0.0220 e. The SMILES string of the molecule is CCNCC1CCCCN1CCc1ccccc1. The number of rotatable bonds is 6. The van der Waals surface area contributed by atoms with Gasteiger partial charge in [-0.3, -0.25) is 4.90 Å². The molecule has 0 spiro atoms. The monoisotopic (exact) mass is 246 g/mol. The number of hydrogen-bond acceptors (Lipinski definition) is 2. The van der Waals surface area contributed by atoms with Gasteiger partial charge in [-0.1, -0.05) is 43.7 Å². The third-order valence-corrected chi connectivity index (χ3v) is 3.91. The fourth-order valence-corrected chi connectivity index (χ4v) is 2.81. The fraction of sp³-hybridized carbons (Fsp3) is 0.625. The molecule has 1 unspecified atom stereocenters. The van der Waals surface area contributed by atoms with Crippen LogP contribution in [0.25, 0.3) is 0 Å². The normalized spacial score (nSPS) is 21.1. The number of likely N-dealkylation sites (tertiary alicyclic amines) is 1. The van der Waals surface area contributed by atoms with Crippen LogP contribution in [-0.4, -0.2) is 37.1 Å². The lowest BCUT2D eigenvalue weighted by Gasteiger charge is -2.36. The second-order valence-electron chi connectivity index (χ2n) is 5.23. The van der Waals surface area contributed by atoms with Gasteiger partial charge in [0.05, 0.1) is 0 Å². The van der Waals surface area contributed by atoms with Gasteiger partial charge in [0.2, 0.25) is 0 Å².